The van der Waals surface area contributed by atoms with E-state index in [0.29, 0.717) is 22.6 Å². The van der Waals surface area contributed by atoms with E-state index in [-0.39, 0.29) is 11.6 Å². The molecule has 0 aliphatic rings. The first kappa shape index (κ1) is 15.8. The zero-order valence-electron chi connectivity index (χ0n) is 13.0. The molecule has 0 aliphatic carbocycles. The Morgan fingerprint density at radius 3 is 2.60 bits per heavy atom. The first-order chi connectivity index (χ1) is 12.2. The van der Waals surface area contributed by atoms with Crippen LogP contribution in [0.2, 0.25) is 5.02 Å². The van der Waals surface area contributed by atoms with Crippen LogP contribution in [0, 0.1) is 5.82 Å². The third kappa shape index (κ3) is 2.69. The molecule has 0 radical (unpaired) electrons. The van der Waals surface area contributed by atoms with Gasteiger partial charge < -0.3 is 9.63 Å². The number of hydrogen-bond donors (Lipinski definition) is 1. The van der Waals surface area contributed by atoms with E-state index in [2.05, 4.69) is 5.16 Å². The number of hydrogen-bond acceptors (Lipinski definition) is 3. The number of rotatable bonds is 3. The molecule has 3 aromatic carbocycles. The lowest BCUT2D eigenvalue weighted by Crippen LogP contribution is -1.91. The van der Waals surface area contributed by atoms with E-state index < -0.39 is 5.82 Å². The predicted molar refractivity (Wildman–Crippen MR) is 95.8 cm³/mol. The van der Waals surface area contributed by atoms with Crippen LogP contribution in [0.5, 0.6) is 0 Å². The molecule has 5 heteroatoms. The van der Waals surface area contributed by atoms with E-state index in [1.54, 1.807) is 0 Å². The molecule has 124 valence electrons. The third-order valence-corrected chi connectivity index (χ3v) is 4.48. The maximum Gasteiger partial charge on any atom is 0.174 e. The summed E-state index contributed by atoms with van der Waals surface area (Å²) in [4.78, 5) is 0. The number of halogens is 2. The lowest BCUT2D eigenvalue weighted by atomic mass is 9.98. The first-order valence-electron chi connectivity index (χ1n) is 7.72. The molecule has 0 saturated carbocycles. The van der Waals surface area contributed by atoms with Gasteiger partial charge in [-0.1, -0.05) is 59.2 Å². The highest BCUT2D eigenvalue weighted by atomic mass is 35.5. The van der Waals surface area contributed by atoms with E-state index in [1.807, 2.05) is 42.5 Å². The standard InChI is InChI=1S/C20H13ClFNO2/c21-18-10-13(22)8-9-16(18)20-17(11-24)19(23-25-20)15-7-3-5-12-4-1-2-6-14(12)15/h1-10,24H,11H2. The number of fused-ring (bicyclic) bond motifs is 1. The average Bonchev–Trinajstić information content (AvgIpc) is 3.04. The molecule has 1 heterocycles. The van der Waals surface area contributed by atoms with Crippen molar-refractivity contribution in [1.29, 1.82) is 0 Å². The normalized spacial score (nSPS) is 11.2. The van der Waals surface area contributed by atoms with Crippen molar-refractivity contribution in [1.82, 2.24) is 5.16 Å². The van der Waals surface area contributed by atoms with Gasteiger partial charge in [0.05, 0.1) is 17.2 Å². The Balaban J connectivity index is 1.94. The molecule has 0 aliphatic heterocycles. The molecule has 0 fully saturated rings. The molecule has 25 heavy (non-hydrogen) atoms. The van der Waals surface area contributed by atoms with Crippen LogP contribution in [0.3, 0.4) is 0 Å². The fraction of sp³-hybridized carbons (Fsp3) is 0.0500. The van der Waals surface area contributed by atoms with Crippen LogP contribution in [-0.4, -0.2) is 10.3 Å². The fourth-order valence-electron chi connectivity index (χ4n) is 2.98. The summed E-state index contributed by atoms with van der Waals surface area (Å²) in [5.74, 6) is -0.0940. The van der Waals surface area contributed by atoms with Crippen LogP contribution in [0.1, 0.15) is 5.56 Å². The molecule has 4 aromatic rings. The van der Waals surface area contributed by atoms with Crippen molar-refractivity contribution in [2.24, 2.45) is 0 Å². The lowest BCUT2D eigenvalue weighted by Gasteiger charge is -2.06. The summed E-state index contributed by atoms with van der Waals surface area (Å²) < 4.78 is 18.8. The van der Waals surface area contributed by atoms with Crippen LogP contribution in [0.4, 0.5) is 4.39 Å². The zero-order chi connectivity index (χ0) is 17.4. The van der Waals surface area contributed by atoms with Gasteiger partial charge in [0.25, 0.3) is 0 Å². The summed E-state index contributed by atoms with van der Waals surface area (Å²) in [6.45, 7) is -0.273. The molecule has 3 nitrogen and oxygen atoms in total. The number of aliphatic hydroxyl groups excluding tert-OH is 1. The topological polar surface area (TPSA) is 46.3 Å². The lowest BCUT2D eigenvalue weighted by molar-refractivity contribution is 0.281. The number of benzene rings is 3. The minimum Gasteiger partial charge on any atom is -0.391 e. The van der Waals surface area contributed by atoms with Gasteiger partial charge in [0, 0.05) is 11.1 Å². The number of nitrogens with zero attached hydrogens (tertiary/aromatic N) is 1. The van der Waals surface area contributed by atoms with Crippen molar-refractivity contribution in [3.63, 3.8) is 0 Å². The Kier molecular flexibility index (Phi) is 3.99. The van der Waals surface area contributed by atoms with E-state index in [1.165, 1.54) is 18.2 Å². The van der Waals surface area contributed by atoms with Gasteiger partial charge in [0.1, 0.15) is 11.5 Å². The van der Waals surface area contributed by atoms with Gasteiger partial charge in [0.2, 0.25) is 0 Å². The Morgan fingerprint density at radius 1 is 1.00 bits per heavy atom. The monoisotopic (exact) mass is 353 g/mol. The second-order valence-electron chi connectivity index (χ2n) is 5.65. The SMILES string of the molecule is OCc1c(-c2cccc3ccccc23)noc1-c1ccc(F)cc1Cl. The molecular weight excluding hydrogens is 341 g/mol. The van der Waals surface area contributed by atoms with Crippen LogP contribution in [0.25, 0.3) is 33.4 Å². The zero-order valence-corrected chi connectivity index (χ0v) is 13.8. The second-order valence-corrected chi connectivity index (χ2v) is 6.06. The Labute approximate surface area is 148 Å². The molecular formula is C20H13ClFNO2. The van der Waals surface area contributed by atoms with E-state index in [4.69, 9.17) is 16.1 Å². The van der Waals surface area contributed by atoms with Gasteiger partial charge in [-0.3, -0.25) is 0 Å². The van der Waals surface area contributed by atoms with Gasteiger partial charge in [0.15, 0.2) is 5.76 Å². The molecule has 0 amide bonds. The molecule has 0 spiro atoms. The molecule has 1 aromatic heterocycles. The molecule has 0 saturated heterocycles. The Bertz CT molecular complexity index is 1070. The highest BCUT2D eigenvalue weighted by molar-refractivity contribution is 6.33. The highest BCUT2D eigenvalue weighted by Gasteiger charge is 2.21. The van der Waals surface area contributed by atoms with Gasteiger partial charge in [-0.05, 0) is 29.0 Å². The van der Waals surface area contributed by atoms with Gasteiger partial charge >= 0.3 is 0 Å². The maximum absolute atomic E-state index is 13.3. The van der Waals surface area contributed by atoms with Crippen LogP contribution in [-0.2, 0) is 6.61 Å². The summed E-state index contributed by atoms with van der Waals surface area (Å²) in [7, 11) is 0. The van der Waals surface area contributed by atoms with Gasteiger partial charge in [-0.2, -0.15) is 0 Å². The fourth-order valence-corrected chi connectivity index (χ4v) is 3.24. The van der Waals surface area contributed by atoms with Crippen molar-refractivity contribution in [2.45, 2.75) is 6.61 Å². The van der Waals surface area contributed by atoms with Crippen molar-refractivity contribution < 1.29 is 14.0 Å². The molecule has 0 atom stereocenters. The molecule has 0 unspecified atom stereocenters. The maximum atomic E-state index is 13.3. The highest BCUT2D eigenvalue weighted by Crippen LogP contribution is 2.38. The quantitative estimate of drug-likeness (QED) is 0.533. The summed E-state index contributed by atoms with van der Waals surface area (Å²) in [5.41, 5.74) is 2.42. The molecule has 1 N–H and O–H groups in total. The molecule has 0 bridgehead atoms. The second kappa shape index (κ2) is 6.31. The Morgan fingerprint density at radius 2 is 1.80 bits per heavy atom. The number of aromatic nitrogens is 1. The molecule has 4 rings (SSSR count). The average molecular weight is 354 g/mol. The third-order valence-electron chi connectivity index (χ3n) is 4.17. The minimum atomic E-state index is -0.437. The van der Waals surface area contributed by atoms with Crippen molar-refractivity contribution in [2.75, 3.05) is 0 Å². The van der Waals surface area contributed by atoms with E-state index in [9.17, 15) is 9.50 Å². The first-order valence-corrected chi connectivity index (χ1v) is 8.10. The predicted octanol–water partition coefficient (Wildman–Crippen LogP) is 5.45. The van der Waals surface area contributed by atoms with Gasteiger partial charge in [-0.25, -0.2) is 4.39 Å². The van der Waals surface area contributed by atoms with Crippen LogP contribution < -0.4 is 0 Å². The van der Waals surface area contributed by atoms with Crippen molar-refractivity contribution in [3.05, 3.63) is 77.1 Å². The summed E-state index contributed by atoms with van der Waals surface area (Å²) in [6, 6.07) is 17.8. The number of aliphatic hydroxyl groups is 1. The summed E-state index contributed by atoms with van der Waals surface area (Å²) in [5, 5.41) is 16.3. The largest absolute Gasteiger partial charge is 0.391 e. The Hall–Kier alpha value is -2.69. The summed E-state index contributed by atoms with van der Waals surface area (Å²) >= 11 is 6.13. The van der Waals surface area contributed by atoms with Crippen molar-refractivity contribution in [3.8, 4) is 22.6 Å². The van der Waals surface area contributed by atoms with Crippen LogP contribution in [0.15, 0.2) is 65.2 Å². The smallest absolute Gasteiger partial charge is 0.174 e. The minimum absolute atomic E-state index is 0.204. The van der Waals surface area contributed by atoms with Crippen LogP contribution >= 0.6 is 11.6 Å². The van der Waals surface area contributed by atoms with Crippen molar-refractivity contribution >= 4 is 22.4 Å². The van der Waals surface area contributed by atoms with Gasteiger partial charge in [-0.15, -0.1) is 0 Å². The van der Waals surface area contributed by atoms with E-state index >= 15 is 0 Å². The van der Waals surface area contributed by atoms with E-state index in [0.717, 1.165) is 16.3 Å². The summed E-state index contributed by atoms with van der Waals surface area (Å²) in [6.07, 6.45) is 0.